The fourth-order valence-electron chi connectivity index (χ4n) is 3.04. The molecule has 0 aromatic rings. The highest BCUT2D eigenvalue weighted by molar-refractivity contribution is 4.84. The van der Waals surface area contributed by atoms with E-state index in [1.54, 1.807) is 0 Å². The zero-order valence-corrected chi connectivity index (χ0v) is 10.9. The van der Waals surface area contributed by atoms with Crippen molar-refractivity contribution in [2.24, 2.45) is 11.7 Å². The van der Waals surface area contributed by atoms with Crippen molar-refractivity contribution in [1.29, 1.82) is 0 Å². The molecule has 3 atom stereocenters. The molecular weight excluding hydrogens is 216 g/mol. The summed E-state index contributed by atoms with van der Waals surface area (Å²) in [5.41, 5.74) is 5.99. The maximum absolute atomic E-state index is 5.99. The summed E-state index contributed by atoms with van der Waals surface area (Å²) in [5, 5.41) is 0. The van der Waals surface area contributed by atoms with Crippen molar-refractivity contribution >= 4 is 0 Å². The molecule has 0 amide bonds. The normalized spacial score (nSPS) is 34.2. The highest BCUT2D eigenvalue weighted by Crippen LogP contribution is 2.22. The Morgan fingerprint density at radius 1 is 1.35 bits per heavy atom. The molecule has 2 rings (SSSR count). The summed E-state index contributed by atoms with van der Waals surface area (Å²) < 4.78 is 11.3. The third kappa shape index (κ3) is 3.65. The summed E-state index contributed by atoms with van der Waals surface area (Å²) >= 11 is 0. The van der Waals surface area contributed by atoms with Crippen LogP contribution in [0.3, 0.4) is 0 Å². The van der Waals surface area contributed by atoms with Gasteiger partial charge in [0.25, 0.3) is 0 Å². The first-order valence-electron chi connectivity index (χ1n) is 6.94. The predicted molar refractivity (Wildman–Crippen MR) is 68.0 cm³/mol. The molecule has 0 bridgehead atoms. The first kappa shape index (κ1) is 13.3. The quantitative estimate of drug-likeness (QED) is 0.797. The lowest BCUT2D eigenvalue weighted by molar-refractivity contribution is 0.00278. The van der Waals surface area contributed by atoms with Crippen LogP contribution in [0.5, 0.6) is 0 Å². The molecule has 0 aromatic heterocycles. The Morgan fingerprint density at radius 2 is 2.24 bits per heavy atom. The number of nitrogens with two attached hydrogens (primary N) is 1. The van der Waals surface area contributed by atoms with Crippen molar-refractivity contribution < 1.29 is 9.47 Å². The Balaban J connectivity index is 1.94. The van der Waals surface area contributed by atoms with Crippen LogP contribution in [0.2, 0.25) is 0 Å². The lowest BCUT2D eigenvalue weighted by atomic mass is 9.92. The molecule has 100 valence electrons. The summed E-state index contributed by atoms with van der Waals surface area (Å²) in [7, 11) is 0. The van der Waals surface area contributed by atoms with E-state index in [4.69, 9.17) is 15.2 Å². The van der Waals surface area contributed by atoms with Crippen LogP contribution in [0.15, 0.2) is 0 Å². The lowest BCUT2D eigenvalue weighted by Gasteiger charge is -2.38. The highest BCUT2D eigenvalue weighted by atomic mass is 16.5. The molecule has 2 aliphatic heterocycles. The summed E-state index contributed by atoms with van der Waals surface area (Å²) in [4.78, 5) is 2.52. The molecule has 17 heavy (non-hydrogen) atoms. The van der Waals surface area contributed by atoms with Crippen LogP contribution in [0, 0.1) is 5.92 Å². The minimum absolute atomic E-state index is 0.330. The topological polar surface area (TPSA) is 47.7 Å². The molecule has 2 N–H and O–H groups in total. The largest absolute Gasteiger partial charge is 0.381 e. The third-order valence-electron chi connectivity index (χ3n) is 3.93. The monoisotopic (exact) mass is 242 g/mol. The molecule has 0 radical (unpaired) electrons. The van der Waals surface area contributed by atoms with Gasteiger partial charge in [0.2, 0.25) is 0 Å². The molecule has 0 saturated carbocycles. The van der Waals surface area contributed by atoms with Gasteiger partial charge in [-0.25, -0.2) is 0 Å². The molecule has 2 aliphatic rings. The zero-order valence-electron chi connectivity index (χ0n) is 10.9. The van der Waals surface area contributed by atoms with E-state index in [0.717, 1.165) is 45.9 Å². The second-order valence-electron chi connectivity index (χ2n) is 5.31. The Hall–Kier alpha value is -0.160. The van der Waals surface area contributed by atoms with E-state index < -0.39 is 0 Å². The van der Waals surface area contributed by atoms with Gasteiger partial charge in [0, 0.05) is 38.9 Å². The van der Waals surface area contributed by atoms with E-state index in [2.05, 4.69) is 11.8 Å². The molecule has 2 saturated heterocycles. The summed E-state index contributed by atoms with van der Waals surface area (Å²) in [6.45, 7) is 7.71. The van der Waals surface area contributed by atoms with E-state index >= 15 is 0 Å². The van der Waals surface area contributed by atoms with Gasteiger partial charge in [-0.2, -0.15) is 0 Å². The minimum Gasteiger partial charge on any atom is -0.381 e. The van der Waals surface area contributed by atoms with Crippen LogP contribution in [-0.2, 0) is 9.47 Å². The molecule has 2 fully saturated rings. The van der Waals surface area contributed by atoms with Gasteiger partial charge in [0.1, 0.15) is 0 Å². The van der Waals surface area contributed by atoms with Gasteiger partial charge in [-0.1, -0.05) is 0 Å². The van der Waals surface area contributed by atoms with Crippen LogP contribution < -0.4 is 5.73 Å². The molecule has 2 heterocycles. The van der Waals surface area contributed by atoms with Gasteiger partial charge >= 0.3 is 0 Å². The summed E-state index contributed by atoms with van der Waals surface area (Å²) in [6, 6.07) is 0.472. The number of nitrogens with zero attached hydrogens (tertiary/aromatic N) is 1. The SMILES string of the molecule is CC1CN(C(CN)C2CCCOC2)CCCO1. The van der Waals surface area contributed by atoms with Gasteiger partial charge in [0.05, 0.1) is 12.7 Å². The molecule has 4 nitrogen and oxygen atoms in total. The van der Waals surface area contributed by atoms with Crippen molar-refractivity contribution in [3.05, 3.63) is 0 Å². The maximum Gasteiger partial charge on any atom is 0.0674 e. The van der Waals surface area contributed by atoms with E-state index in [-0.39, 0.29) is 0 Å². The maximum atomic E-state index is 5.99. The molecular formula is C13H26N2O2. The van der Waals surface area contributed by atoms with E-state index in [0.29, 0.717) is 18.1 Å². The van der Waals surface area contributed by atoms with Gasteiger partial charge < -0.3 is 15.2 Å². The number of ether oxygens (including phenoxy) is 2. The van der Waals surface area contributed by atoms with E-state index in [1.165, 1.54) is 12.8 Å². The predicted octanol–water partition coefficient (Wildman–Crippen LogP) is 0.851. The molecule has 4 heteroatoms. The lowest BCUT2D eigenvalue weighted by Crippen LogP contribution is -2.49. The third-order valence-corrected chi connectivity index (χ3v) is 3.93. The second-order valence-corrected chi connectivity index (χ2v) is 5.31. The van der Waals surface area contributed by atoms with Crippen molar-refractivity contribution in [3.8, 4) is 0 Å². The van der Waals surface area contributed by atoms with Gasteiger partial charge in [-0.3, -0.25) is 4.90 Å². The van der Waals surface area contributed by atoms with Gasteiger partial charge in [-0.05, 0) is 32.1 Å². The van der Waals surface area contributed by atoms with E-state index in [1.807, 2.05) is 0 Å². The summed E-state index contributed by atoms with van der Waals surface area (Å²) in [5.74, 6) is 0.610. The Morgan fingerprint density at radius 3 is 2.94 bits per heavy atom. The van der Waals surface area contributed by atoms with Crippen LogP contribution in [0.4, 0.5) is 0 Å². The number of hydrogen-bond donors (Lipinski definition) is 1. The van der Waals surface area contributed by atoms with Crippen LogP contribution >= 0.6 is 0 Å². The number of hydrogen-bond acceptors (Lipinski definition) is 4. The molecule has 0 aliphatic carbocycles. The first-order chi connectivity index (χ1) is 8.31. The smallest absolute Gasteiger partial charge is 0.0674 e. The van der Waals surface area contributed by atoms with Crippen LogP contribution in [0.1, 0.15) is 26.2 Å². The fraction of sp³-hybridized carbons (Fsp3) is 1.00. The second kappa shape index (κ2) is 6.69. The van der Waals surface area contributed by atoms with Gasteiger partial charge in [0.15, 0.2) is 0 Å². The Labute approximate surface area is 104 Å². The summed E-state index contributed by atoms with van der Waals surface area (Å²) in [6.07, 6.45) is 3.89. The minimum atomic E-state index is 0.330. The average molecular weight is 242 g/mol. The van der Waals surface area contributed by atoms with E-state index in [9.17, 15) is 0 Å². The van der Waals surface area contributed by atoms with Gasteiger partial charge in [-0.15, -0.1) is 0 Å². The molecule has 3 unspecified atom stereocenters. The Kier molecular flexibility index (Phi) is 5.22. The average Bonchev–Trinajstić information content (AvgIpc) is 2.56. The van der Waals surface area contributed by atoms with Crippen LogP contribution in [-0.4, -0.2) is 56.5 Å². The van der Waals surface area contributed by atoms with Crippen molar-refractivity contribution in [1.82, 2.24) is 4.90 Å². The highest BCUT2D eigenvalue weighted by Gasteiger charge is 2.29. The van der Waals surface area contributed by atoms with Crippen molar-refractivity contribution in [3.63, 3.8) is 0 Å². The van der Waals surface area contributed by atoms with Crippen molar-refractivity contribution in [2.45, 2.75) is 38.3 Å². The number of rotatable bonds is 3. The molecule has 0 aromatic carbocycles. The zero-order chi connectivity index (χ0) is 12.1. The van der Waals surface area contributed by atoms with Crippen LogP contribution in [0.25, 0.3) is 0 Å². The Bertz CT molecular complexity index is 219. The standard InChI is InChI=1S/C13H26N2O2/c1-11-9-15(5-3-7-17-11)13(8-14)12-4-2-6-16-10-12/h11-13H,2-10,14H2,1H3. The first-order valence-corrected chi connectivity index (χ1v) is 6.94. The fourth-order valence-corrected chi connectivity index (χ4v) is 3.04. The molecule has 0 spiro atoms. The van der Waals surface area contributed by atoms with Crippen molar-refractivity contribution in [2.75, 3.05) is 39.5 Å².